The molecule has 0 saturated heterocycles. The van der Waals surface area contributed by atoms with Gasteiger partial charge in [0.15, 0.2) is 0 Å². The Hall–Kier alpha value is -0.570. The summed E-state index contributed by atoms with van der Waals surface area (Å²) in [6.07, 6.45) is 4.59. The summed E-state index contributed by atoms with van der Waals surface area (Å²) >= 11 is 0. The summed E-state index contributed by atoms with van der Waals surface area (Å²) in [5, 5.41) is 0. The zero-order valence-electron chi connectivity index (χ0n) is 8.10. The highest BCUT2D eigenvalue weighted by atomic mass is 16.1. The molecule has 0 spiro atoms. The first-order chi connectivity index (χ1) is 5.56. The molecule has 0 aromatic rings. The first-order valence-corrected chi connectivity index (χ1v) is 4.65. The maximum absolute atomic E-state index is 10.9. The molecule has 0 heterocycles. The lowest BCUT2D eigenvalue weighted by molar-refractivity contribution is -0.123. The molecular weight excluding hydrogens is 152 g/mol. The molecule has 3 heteroatoms. The van der Waals surface area contributed by atoms with Crippen molar-refractivity contribution < 1.29 is 4.79 Å². The molecule has 1 amide bonds. The van der Waals surface area contributed by atoms with Crippen LogP contribution < -0.4 is 11.5 Å². The molecule has 0 unspecified atom stereocenters. The van der Waals surface area contributed by atoms with E-state index in [1.165, 1.54) is 0 Å². The van der Waals surface area contributed by atoms with Gasteiger partial charge in [0.1, 0.15) is 0 Å². The molecule has 12 heavy (non-hydrogen) atoms. The maximum Gasteiger partial charge on any atom is 0.237 e. The summed E-state index contributed by atoms with van der Waals surface area (Å²) in [5.74, 6) is -0.374. The van der Waals surface area contributed by atoms with Crippen molar-refractivity contribution in [2.45, 2.75) is 51.5 Å². The van der Waals surface area contributed by atoms with Gasteiger partial charge in [0.05, 0.1) is 5.54 Å². The number of amides is 1. The lowest BCUT2D eigenvalue weighted by atomic mass is 9.90. The van der Waals surface area contributed by atoms with Crippen LogP contribution in [0.25, 0.3) is 0 Å². The van der Waals surface area contributed by atoms with Gasteiger partial charge >= 0.3 is 0 Å². The van der Waals surface area contributed by atoms with Gasteiger partial charge < -0.3 is 11.5 Å². The first-order valence-electron chi connectivity index (χ1n) is 4.65. The predicted octanol–water partition coefficient (Wildman–Crippen LogP) is 1.16. The minimum atomic E-state index is -0.769. The van der Waals surface area contributed by atoms with Crippen LogP contribution in [0.5, 0.6) is 0 Å². The van der Waals surface area contributed by atoms with Gasteiger partial charge in [-0.3, -0.25) is 4.79 Å². The second kappa shape index (κ2) is 5.14. The van der Waals surface area contributed by atoms with Crippen molar-refractivity contribution >= 4 is 5.91 Å². The van der Waals surface area contributed by atoms with E-state index in [-0.39, 0.29) is 5.91 Å². The van der Waals surface area contributed by atoms with Crippen molar-refractivity contribution in [2.24, 2.45) is 11.5 Å². The largest absolute Gasteiger partial charge is 0.368 e. The summed E-state index contributed by atoms with van der Waals surface area (Å²) in [7, 11) is 0. The standard InChI is InChI=1S/C9H20N2O/c1-3-5-6-7-9(11,4-2)8(10)12/h3-7,11H2,1-2H3,(H2,10,12)/t9-/m1/s1. The number of hydrogen-bond acceptors (Lipinski definition) is 2. The molecule has 0 aromatic heterocycles. The summed E-state index contributed by atoms with van der Waals surface area (Å²) in [4.78, 5) is 10.9. The van der Waals surface area contributed by atoms with E-state index in [0.29, 0.717) is 12.8 Å². The van der Waals surface area contributed by atoms with Gasteiger partial charge in [-0.25, -0.2) is 0 Å². The molecule has 0 aliphatic carbocycles. The van der Waals surface area contributed by atoms with Gasteiger partial charge in [-0.2, -0.15) is 0 Å². The summed E-state index contributed by atoms with van der Waals surface area (Å²) < 4.78 is 0. The molecule has 0 bridgehead atoms. The molecule has 0 aromatic carbocycles. The Bertz CT molecular complexity index is 147. The first kappa shape index (κ1) is 11.4. The number of carbonyl (C=O) groups is 1. The molecule has 3 nitrogen and oxygen atoms in total. The third-order valence-corrected chi connectivity index (χ3v) is 2.35. The second-order valence-electron chi connectivity index (χ2n) is 3.33. The molecule has 1 atom stereocenters. The van der Waals surface area contributed by atoms with E-state index >= 15 is 0 Å². The van der Waals surface area contributed by atoms with Crippen molar-refractivity contribution in [3.05, 3.63) is 0 Å². The number of hydrogen-bond donors (Lipinski definition) is 2. The fraction of sp³-hybridized carbons (Fsp3) is 0.889. The minimum absolute atomic E-state index is 0.374. The third kappa shape index (κ3) is 3.22. The average Bonchev–Trinajstić information content (AvgIpc) is 2.04. The van der Waals surface area contributed by atoms with Gasteiger partial charge in [-0.1, -0.05) is 33.1 Å². The molecule has 0 saturated carbocycles. The Morgan fingerprint density at radius 3 is 2.25 bits per heavy atom. The van der Waals surface area contributed by atoms with E-state index in [0.717, 1.165) is 19.3 Å². The fourth-order valence-electron chi connectivity index (χ4n) is 1.16. The van der Waals surface area contributed by atoms with Crippen LogP contribution in [0.2, 0.25) is 0 Å². The smallest absolute Gasteiger partial charge is 0.237 e. The van der Waals surface area contributed by atoms with Gasteiger partial charge in [-0.05, 0) is 12.8 Å². The highest BCUT2D eigenvalue weighted by Gasteiger charge is 2.28. The van der Waals surface area contributed by atoms with Crippen LogP contribution in [-0.4, -0.2) is 11.4 Å². The third-order valence-electron chi connectivity index (χ3n) is 2.35. The summed E-state index contributed by atoms with van der Waals surface area (Å²) in [6, 6.07) is 0. The Labute approximate surface area is 74.5 Å². The SMILES string of the molecule is CCCCC[C@](N)(CC)C(N)=O. The molecule has 0 radical (unpaired) electrons. The molecular formula is C9H20N2O. The normalized spacial score (nSPS) is 15.6. The van der Waals surface area contributed by atoms with Crippen molar-refractivity contribution in [1.82, 2.24) is 0 Å². The van der Waals surface area contributed by atoms with E-state index in [4.69, 9.17) is 11.5 Å². The van der Waals surface area contributed by atoms with Gasteiger partial charge in [0.25, 0.3) is 0 Å². The molecule has 0 rings (SSSR count). The molecule has 4 N–H and O–H groups in total. The van der Waals surface area contributed by atoms with Crippen LogP contribution in [0.1, 0.15) is 46.0 Å². The van der Waals surface area contributed by atoms with E-state index in [2.05, 4.69) is 6.92 Å². The van der Waals surface area contributed by atoms with Crippen LogP contribution >= 0.6 is 0 Å². The predicted molar refractivity (Wildman–Crippen MR) is 50.5 cm³/mol. The maximum atomic E-state index is 10.9. The topological polar surface area (TPSA) is 69.1 Å². The molecule has 0 fully saturated rings. The highest BCUT2D eigenvalue weighted by molar-refractivity contribution is 5.84. The number of unbranched alkanes of at least 4 members (excludes halogenated alkanes) is 2. The Balaban J connectivity index is 3.88. The summed E-state index contributed by atoms with van der Waals surface area (Å²) in [6.45, 7) is 4.02. The van der Waals surface area contributed by atoms with Crippen molar-refractivity contribution in [3.63, 3.8) is 0 Å². The Morgan fingerprint density at radius 1 is 1.33 bits per heavy atom. The number of rotatable bonds is 6. The molecule has 0 aliphatic heterocycles. The van der Waals surface area contributed by atoms with Crippen LogP contribution in [0.15, 0.2) is 0 Å². The van der Waals surface area contributed by atoms with Crippen LogP contribution in [0.3, 0.4) is 0 Å². The van der Waals surface area contributed by atoms with Gasteiger partial charge in [-0.15, -0.1) is 0 Å². The monoisotopic (exact) mass is 172 g/mol. The minimum Gasteiger partial charge on any atom is -0.368 e. The van der Waals surface area contributed by atoms with Crippen molar-refractivity contribution in [1.29, 1.82) is 0 Å². The van der Waals surface area contributed by atoms with Crippen LogP contribution in [0, 0.1) is 0 Å². The number of nitrogens with two attached hydrogens (primary N) is 2. The number of carbonyl (C=O) groups excluding carboxylic acids is 1. The van der Waals surface area contributed by atoms with E-state index in [9.17, 15) is 4.79 Å². The van der Waals surface area contributed by atoms with Crippen molar-refractivity contribution in [2.75, 3.05) is 0 Å². The van der Waals surface area contributed by atoms with Crippen molar-refractivity contribution in [3.8, 4) is 0 Å². The summed E-state index contributed by atoms with van der Waals surface area (Å²) in [5.41, 5.74) is 10.2. The Kier molecular flexibility index (Phi) is 4.90. The molecule has 72 valence electrons. The number of primary amides is 1. The van der Waals surface area contributed by atoms with Gasteiger partial charge in [0.2, 0.25) is 5.91 Å². The van der Waals surface area contributed by atoms with Crippen LogP contribution in [0.4, 0.5) is 0 Å². The average molecular weight is 172 g/mol. The van der Waals surface area contributed by atoms with E-state index < -0.39 is 5.54 Å². The van der Waals surface area contributed by atoms with E-state index in [1.807, 2.05) is 6.92 Å². The lowest BCUT2D eigenvalue weighted by Crippen LogP contribution is -2.51. The zero-order valence-corrected chi connectivity index (χ0v) is 8.10. The van der Waals surface area contributed by atoms with E-state index in [1.54, 1.807) is 0 Å². The fourth-order valence-corrected chi connectivity index (χ4v) is 1.16. The Morgan fingerprint density at radius 2 is 1.92 bits per heavy atom. The van der Waals surface area contributed by atoms with Gasteiger partial charge in [0, 0.05) is 0 Å². The lowest BCUT2D eigenvalue weighted by Gasteiger charge is -2.23. The zero-order chi connectivity index (χ0) is 9.61. The van der Waals surface area contributed by atoms with Crippen LogP contribution in [-0.2, 0) is 4.79 Å². The highest BCUT2D eigenvalue weighted by Crippen LogP contribution is 2.15. The second-order valence-corrected chi connectivity index (χ2v) is 3.33. The molecule has 0 aliphatic rings. The quantitative estimate of drug-likeness (QED) is 0.590.